The second-order valence-electron chi connectivity index (χ2n) is 4.64. The van der Waals surface area contributed by atoms with E-state index in [1.54, 1.807) is 6.20 Å². The zero-order valence-corrected chi connectivity index (χ0v) is 11.3. The number of likely N-dealkylation sites (N-methyl/N-ethyl adjacent to an activating group) is 1. The third kappa shape index (κ3) is 2.79. The molecule has 0 aliphatic heterocycles. The van der Waals surface area contributed by atoms with E-state index in [2.05, 4.69) is 54.3 Å². The van der Waals surface area contributed by atoms with Crippen LogP contribution in [0, 0.1) is 13.8 Å². The van der Waals surface area contributed by atoms with E-state index >= 15 is 0 Å². The third-order valence-electron chi connectivity index (χ3n) is 3.42. The van der Waals surface area contributed by atoms with Crippen molar-refractivity contribution in [2.24, 2.45) is 0 Å². The van der Waals surface area contributed by atoms with Gasteiger partial charge in [-0.05, 0) is 37.1 Å². The number of benzene rings is 1. The first-order chi connectivity index (χ1) is 8.72. The van der Waals surface area contributed by atoms with Crippen LogP contribution in [0.25, 0.3) is 0 Å². The summed E-state index contributed by atoms with van der Waals surface area (Å²) in [6.45, 7) is 7.45. The van der Waals surface area contributed by atoms with Gasteiger partial charge in [-0.25, -0.2) is 4.98 Å². The molecule has 18 heavy (non-hydrogen) atoms. The Bertz CT molecular complexity index is 488. The molecule has 2 aromatic rings. The summed E-state index contributed by atoms with van der Waals surface area (Å²) in [4.78, 5) is 7.50. The second-order valence-corrected chi connectivity index (χ2v) is 4.64. The van der Waals surface area contributed by atoms with Crippen molar-refractivity contribution in [1.82, 2.24) is 15.3 Å². The SMILES string of the molecule is CCNC(Cc1ncc[nH]1)c1cccc(C)c1C. The van der Waals surface area contributed by atoms with Gasteiger partial charge in [-0.2, -0.15) is 0 Å². The standard InChI is InChI=1S/C15H21N3/c1-4-16-14(10-15-17-8-9-18-15)13-7-5-6-11(2)12(13)3/h5-9,14,16H,4,10H2,1-3H3,(H,17,18). The molecule has 0 bridgehead atoms. The maximum absolute atomic E-state index is 4.32. The molecule has 0 aliphatic rings. The fourth-order valence-corrected chi connectivity index (χ4v) is 2.29. The highest BCUT2D eigenvalue weighted by atomic mass is 14.9. The molecule has 0 radical (unpaired) electrons. The van der Waals surface area contributed by atoms with Gasteiger partial charge in [-0.15, -0.1) is 0 Å². The summed E-state index contributed by atoms with van der Waals surface area (Å²) in [6, 6.07) is 6.82. The van der Waals surface area contributed by atoms with Crippen LogP contribution in [0.15, 0.2) is 30.6 Å². The lowest BCUT2D eigenvalue weighted by Gasteiger charge is -2.20. The fourth-order valence-electron chi connectivity index (χ4n) is 2.29. The van der Waals surface area contributed by atoms with E-state index in [-0.39, 0.29) is 0 Å². The van der Waals surface area contributed by atoms with E-state index in [0.29, 0.717) is 6.04 Å². The van der Waals surface area contributed by atoms with Crippen molar-refractivity contribution in [2.75, 3.05) is 6.54 Å². The number of nitrogens with zero attached hydrogens (tertiary/aromatic N) is 1. The van der Waals surface area contributed by atoms with Gasteiger partial charge in [0, 0.05) is 24.9 Å². The van der Waals surface area contributed by atoms with Crippen molar-refractivity contribution < 1.29 is 0 Å². The third-order valence-corrected chi connectivity index (χ3v) is 3.42. The van der Waals surface area contributed by atoms with Gasteiger partial charge in [0.2, 0.25) is 0 Å². The van der Waals surface area contributed by atoms with Crippen LogP contribution < -0.4 is 5.32 Å². The summed E-state index contributed by atoms with van der Waals surface area (Å²) in [5, 5.41) is 3.55. The summed E-state index contributed by atoms with van der Waals surface area (Å²) in [5.74, 6) is 1.03. The van der Waals surface area contributed by atoms with Gasteiger partial charge < -0.3 is 10.3 Å². The zero-order chi connectivity index (χ0) is 13.0. The van der Waals surface area contributed by atoms with Crippen molar-refractivity contribution in [2.45, 2.75) is 33.2 Å². The molecule has 1 aromatic carbocycles. The van der Waals surface area contributed by atoms with Crippen LogP contribution in [0.3, 0.4) is 0 Å². The quantitative estimate of drug-likeness (QED) is 0.847. The molecular weight excluding hydrogens is 222 g/mol. The van der Waals surface area contributed by atoms with Crippen LogP contribution in [0.2, 0.25) is 0 Å². The Balaban J connectivity index is 2.26. The van der Waals surface area contributed by atoms with Crippen LogP contribution in [0.1, 0.15) is 35.5 Å². The predicted octanol–water partition coefficient (Wildman–Crippen LogP) is 2.92. The number of aryl methyl sites for hydroxylation is 1. The maximum Gasteiger partial charge on any atom is 0.107 e. The van der Waals surface area contributed by atoms with Crippen LogP contribution in [-0.2, 0) is 6.42 Å². The highest BCUT2D eigenvalue weighted by molar-refractivity contribution is 5.35. The molecule has 3 nitrogen and oxygen atoms in total. The monoisotopic (exact) mass is 243 g/mol. The number of rotatable bonds is 5. The van der Waals surface area contributed by atoms with Crippen LogP contribution in [0.4, 0.5) is 0 Å². The smallest absolute Gasteiger partial charge is 0.107 e. The molecule has 1 atom stereocenters. The first-order valence-corrected chi connectivity index (χ1v) is 6.50. The molecule has 2 rings (SSSR count). The molecule has 96 valence electrons. The number of hydrogen-bond donors (Lipinski definition) is 2. The van der Waals surface area contributed by atoms with Crippen molar-refractivity contribution in [3.8, 4) is 0 Å². The Morgan fingerprint density at radius 3 is 2.83 bits per heavy atom. The minimum absolute atomic E-state index is 0.320. The molecule has 0 saturated carbocycles. The summed E-state index contributed by atoms with van der Waals surface area (Å²) in [6.07, 6.45) is 4.58. The van der Waals surface area contributed by atoms with Gasteiger partial charge >= 0.3 is 0 Å². The molecule has 0 fully saturated rings. The summed E-state index contributed by atoms with van der Waals surface area (Å²) < 4.78 is 0. The highest BCUT2D eigenvalue weighted by Crippen LogP contribution is 2.22. The molecular formula is C15H21N3. The first kappa shape index (κ1) is 12.8. The number of aromatic nitrogens is 2. The Morgan fingerprint density at radius 1 is 1.33 bits per heavy atom. The normalized spacial score (nSPS) is 12.6. The van der Waals surface area contributed by atoms with E-state index in [1.807, 2.05) is 6.20 Å². The van der Waals surface area contributed by atoms with Gasteiger partial charge in [-0.3, -0.25) is 0 Å². The van der Waals surface area contributed by atoms with Crippen molar-refractivity contribution in [3.05, 3.63) is 53.1 Å². The van der Waals surface area contributed by atoms with E-state index in [9.17, 15) is 0 Å². The van der Waals surface area contributed by atoms with E-state index in [1.165, 1.54) is 16.7 Å². The predicted molar refractivity (Wildman–Crippen MR) is 74.6 cm³/mol. The molecule has 0 aliphatic carbocycles. The minimum Gasteiger partial charge on any atom is -0.349 e. The Morgan fingerprint density at radius 2 is 2.17 bits per heavy atom. The second kappa shape index (κ2) is 5.83. The number of aromatic amines is 1. The average molecular weight is 243 g/mol. The number of imidazole rings is 1. The van der Waals surface area contributed by atoms with Gasteiger partial charge in [0.1, 0.15) is 5.82 Å². The van der Waals surface area contributed by atoms with Gasteiger partial charge in [-0.1, -0.05) is 25.1 Å². The summed E-state index contributed by atoms with van der Waals surface area (Å²) in [7, 11) is 0. The molecule has 0 amide bonds. The number of hydrogen-bond acceptors (Lipinski definition) is 2. The van der Waals surface area contributed by atoms with Gasteiger partial charge in [0.15, 0.2) is 0 Å². The minimum atomic E-state index is 0.320. The molecule has 3 heteroatoms. The van der Waals surface area contributed by atoms with Crippen LogP contribution in [-0.4, -0.2) is 16.5 Å². The van der Waals surface area contributed by atoms with Gasteiger partial charge in [0.25, 0.3) is 0 Å². The van der Waals surface area contributed by atoms with Crippen molar-refractivity contribution in [3.63, 3.8) is 0 Å². The average Bonchev–Trinajstić information content (AvgIpc) is 2.85. The largest absolute Gasteiger partial charge is 0.349 e. The molecule has 0 saturated heterocycles. The van der Waals surface area contributed by atoms with Crippen LogP contribution in [0.5, 0.6) is 0 Å². The molecule has 1 unspecified atom stereocenters. The summed E-state index contributed by atoms with van der Waals surface area (Å²) >= 11 is 0. The van der Waals surface area contributed by atoms with Crippen LogP contribution >= 0.6 is 0 Å². The van der Waals surface area contributed by atoms with E-state index < -0.39 is 0 Å². The molecule has 1 heterocycles. The summed E-state index contributed by atoms with van der Waals surface area (Å²) in [5.41, 5.74) is 4.08. The van der Waals surface area contributed by atoms with Gasteiger partial charge in [0.05, 0.1) is 0 Å². The molecule has 1 aromatic heterocycles. The number of H-pyrrole nitrogens is 1. The first-order valence-electron chi connectivity index (χ1n) is 6.50. The van der Waals surface area contributed by atoms with E-state index in [0.717, 1.165) is 18.8 Å². The number of nitrogens with one attached hydrogen (secondary N) is 2. The van der Waals surface area contributed by atoms with Crippen molar-refractivity contribution in [1.29, 1.82) is 0 Å². The molecule has 0 spiro atoms. The Kier molecular flexibility index (Phi) is 4.15. The zero-order valence-electron chi connectivity index (χ0n) is 11.3. The lowest BCUT2D eigenvalue weighted by molar-refractivity contribution is 0.536. The van der Waals surface area contributed by atoms with Crippen molar-refractivity contribution >= 4 is 0 Å². The Hall–Kier alpha value is -1.61. The fraction of sp³-hybridized carbons (Fsp3) is 0.400. The van der Waals surface area contributed by atoms with E-state index in [4.69, 9.17) is 0 Å². The maximum atomic E-state index is 4.32. The lowest BCUT2D eigenvalue weighted by Crippen LogP contribution is -2.24. The Labute approximate surface area is 109 Å². The highest BCUT2D eigenvalue weighted by Gasteiger charge is 2.15. The lowest BCUT2D eigenvalue weighted by atomic mass is 9.95. The topological polar surface area (TPSA) is 40.7 Å². The molecule has 2 N–H and O–H groups in total.